The Balaban J connectivity index is 2.13. The third-order valence-corrected chi connectivity index (χ3v) is 8.24. The molecule has 1 unspecified atom stereocenters. The van der Waals surface area contributed by atoms with Crippen LogP contribution in [0.2, 0.25) is 0 Å². The van der Waals surface area contributed by atoms with Gasteiger partial charge in [0.2, 0.25) is 0 Å². The number of methoxy groups -OCH3 is 1. The highest BCUT2D eigenvalue weighted by molar-refractivity contribution is 7.80. The average molecular weight is 603 g/mol. The fourth-order valence-electron chi connectivity index (χ4n) is 4.37. The minimum absolute atomic E-state index is 0.109. The van der Waals surface area contributed by atoms with E-state index in [1.165, 1.54) is 84.2 Å². The Morgan fingerprint density at radius 2 is 1.55 bits per heavy atom. The van der Waals surface area contributed by atoms with Crippen molar-refractivity contribution in [2.75, 3.05) is 41.0 Å². The third kappa shape index (κ3) is 19.0. The minimum atomic E-state index is -4.32. The lowest BCUT2D eigenvalue weighted by Crippen LogP contribution is -2.34. The molecule has 0 saturated heterocycles. The van der Waals surface area contributed by atoms with Crippen LogP contribution in [0.1, 0.15) is 102 Å². The summed E-state index contributed by atoms with van der Waals surface area (Å²) >= 11 is 5.22. The second-order valence-corrected chi connectivity index (χ2v) is 12.2. The van der Waals surface area contributed by atoms with E-state index in [0.29, 0.717) is 24.9 Å². The fraction of sp³-hybridized carbons (Fsp3) is 0.767. The van der Waals surface area contributed by atoms with Crippen LogP contribution in [0, 0.1) is 0 Å². The molecule has 1 rings (SSSR count). The number of phosphoric acid groups is 1. The van der Waals surface area contributed by atoms with Crippen molar-refractivity contribution < 1.29 is 28.0 Å². The van der Waals surface area contributed by atoms with E-state index in [1.54, 1.807) is 25.2 Å². The Labute approximate surface area is 249 Å². The lowest BCUT2D eigenvalue weighted by Gasteiger charge is -2.20. The van der Waals surface area contributed by atoms with E-state index in [4.69, 9.17) is 30.7 Å². The number of unbranched alkanes of at least 4 members (excludes halogenated alkanes) is 13. The summed E-state index contributed by atoms with van der Waals surface area (Å²) in [6.07, 6.45) is 18.0. The van der Waals surface area contributed by atoms with Gasteiger partial charge in [-0.1, -0.05) is 103 Å². The van der Waals surface area contributed by atoms with Crippen LogP contribution in [-0.4, -0.2) is 62.0 Å². The van der Waals surface area contributed by atoms with Gasteiger partial charge in [0.15, 0.2) is 5.11 Å². The second-order valence-electron chi connectivity index (χ2n) is 10.4. The maximum atomic E-state index is 12.5. The van der Waals surface area contributed by atoms with Crippen molar-refractivity contribution in [3.05, 3.63) is 29.8 Å². The molecule has 2 N–H and O–H groups in total. The van der Waals surface area contributed by atoms with E-state index in [2.05, 4.69) is 12.2 Å². The van der Waals surface area contributed by atoms with Crippen molar-refractivity contribution in [2.24, 2.45) is 0 Å². The second kappa shape index (κ2) is 23.4. The van der Waals surface area contributed by atoms with Gasteiger partial charge in [0.25, 0.3) is 0 Å². The molecule has 0 aliphatic heterocycles. The Morgan fingerprint density at radius 3 is 2.10 bits per heavy atom. The number of nitrogens with zero attached hydrogens (tertiary/aromatic N) is 1. The molecule has 0 bridgehead atoms. The molecule has 1 aromatic rings. The molecule has 0 amide bonds. The van der Waals surface area contributed by atoms with Gasteiger partial charge in [-0.2, -0.15) is 0 Å². The summed E-state index contributed by atoms with van der Waals surface area (Å²) in [6, 6.07) is 6.94. The smallest absolute Gasteiger partial charge is 0.404 e. The number of hydrogen-bond acceptors (Lipinski definition) is 6. The maximum absolute atomic E-state index is 12.5. The lowest BCUT2D eigenvalue weighted by atomic mass is 10.0. The normalized spacial score (nSPS) is 13.5. The average Bonchev–Trinajstić information content (AvgIpc) is 2.93. The van der Waals surface area contributed by atoms with E-state index >= 15 is 0 Å². The van der Waals surface area contributed by atoms with Crippen molar-refractivity contribution in [1.82, 2.24) is 10.2 Å². The first-order valence-corrected chi connectivity index (χ1v) is 17.0. The van der Waals surface area contributed by atoms with E-state index in [1.807, 2.05) is 18.0 Å². The van der Waals surface area contributed by atoms with Gasteiger partial charge in [0.05, 0.1) is 13.2 Å². The number of phosphoric ester groups is 1. The fourth-order valence-corrected chi connectivity index (χ4v) is 5.22. The molecule has 0 spiro atoms. The molecule has 1 aromatic carbocycles. The van der Waals surface area contributed by atoms with Crippen molar-refractivity contribution in [3.63, 3.8) is 0 Å². The standard InChI is InChI=1S/C30H55N2O6PS/c1-5-6-7-8-9-10-11-12-13-14-15-16-17-18-22-36-25-29(35-4)26-37-39(33,34)38-28-21-19-20-27(23-28)24-32(3)30(40)31-2/h19-21,23,29H,5-18,22,24-26H2,1-4H3,(H,31,40)(H,33,34)/t29-/m1/s1. The SMILES string of the molecule is CCCCCCCCCCCCCCCCOC[C@H](COP(=O)(O)Oc1cccc(CN(C)C(=S)NC)c1)OC. The first-order chi connectivity index (χ1) is 19.3. The molecule has 0 aliphatic carbocycles. The van der Waals surface area contributed by atoms with Crippen LogP contribution in [-0.2, 0) is 25.1 Å². The summed E-state index contributed by atoms with van der Waals surface area (Å²) in [4.78, 5) is 12.0. The van der Waals surface area contributed by atoms with Crippen LogP contribution in [0.4, 0.5) is 0 Å². The number of benzene rings is 1. The predicted molar refractivity (Wildman–Crippen MR) is 168 cm³/mol. The molecule has 0 fully saturated rings. The summed E-state index contributed by atoms with van der Waals surface area (Å²) < 4.78 is 34.0. The Morgan fingerprint density at radius 1 is 0.975 bits per heavy atom. The molecule has 0 radical (unpaired) electrons. The zero-order valence-corrected chi connectivity index (χ0v) is 27.1. The van der Waals surface area contributed by atoms with E-state index in [0.717, 1.165) is 18.4 Å². The molecule has 0 heterocycles. The molecule has 8 nitrogen and oxygen atoms in total. The van der Waals surface area contributed by atoms with Crippen molar-refractivity contribution in [1.29, 1.82) is 0 Å². The van der Waals surface area contributed by atoms with Crippen LogP contribution in [0.25, 0.3) is 0 Å². The molecular formula is C30H55N2O6PS. The molecule has 10 heteroatoms. The molecule has 232 valence electrons. The van der Waals surface area contributed by atoms with Crippen LogP contribution in [0.15, 0.2) is 24.3 Å². The molecule has 40 heavy (non-hydrogen) atoms. The van der Waals surface area contributed by atoms with Gasteiger partial charge in [0.1, 0.15) is 11.9 Å². The molecule has 0 saturated carbocycles. The van der Waals surface area contributed by atoms with Crippen molar-refractivity contribution in [2.45, 2.75) is 109 Å². The van der Waals surface area contributed by atoms with Gasteiger partial charge in [-0.3, -0.25) is 9.42 Å². The molecule has 0 aromatic heterocycles. The first-order valence-electron chi connectivity index (χ1n) is 15.1. The summed E-state index contributed by atoms with van der Waals surface area (Å²) in [5.41, 5.74) is 0.879. The molecule has 2 atom stereocenters. The Bertz CT molecular complexity index is 831. The lowest BCUT2D eigenvalue weighted by molar-refractivity contribution is -0.0197. The topological polar surface area (TPSA) is 89.5 Å². The number of hydrogen-bond donors (Lipinski definition) is 2. The van der Waals surface area contributed by atoms with Crippen LogP contribution in [0.5, 0.6) is 5.75 Å². The number of ether oxygens (including phenoxy) is 2. The summed E-state index contributed by atoms with van der Waals surface area (Å²) in [5.74, 6) is 0.245. The maximum Gasteiger partial charge on any atom is 0.527 e. The number of rotatable bonds is 25. The highest BCUT2D eigenvalue weighted by Crippen LogP contribution is 2.44. The monoisotopic (exact) mass is 602 g/mol. The largest absolute Gasteiger partial charge is 0.527 e. The van der Waals surface area contributed by atoms with E-state index < -0.39 is 13.9 Å². The summed E-state index contributed by atoms with van der Waals surface area (Å²) in [5, 5.41) is 3.51. The highest BCUT2D eigenvalue weighted by Gasteiger charge is 2.25. The highest BCUT2D eigenvalue weighted by atomic mass is 32.1. The van der Waals surface area contributed by atoms with Crippen LogP contribution < -0.4 is 9.84 Å². The number of thiocarbonyl (C=S) groups is 1. The minimum Gasteiger partial charge on any atom is -0.404 e. The van der Waals surface area contributed by atoms with Crippen LogP contribution in [0.3, 0.4) is 0 Å². The molecular weight excluding hydrogens is 547 g/mol. The van der Waals surface area contributed by atoms with Gasteiger partial charge in [-0.25, -0.2) is 4.57 Å². The third-order valence-electron chi connectivity index (χ3n) is 6.80. The summed E-state index contributed by atoms with van der Waals surface area (Å²) in [7, 11) is 0.827. The van der Waals surface area contributed by atoms with Crippen molar-refractivity contribution >= 4 is 25.2 Å². The zero-order valence-electron chi connectivity index (χ0n) is 25.4. The zero-order chi connectivity index (χ0) is 29.5. The van der Waals surface area contributed by atoms with Gasteiger partial charge in [-0.15, -0.1) is 0 Å². The first kappa shape index (κ1) is 36.8. The summed E-state index contributed by atoms with van der Waals surface area (Å²) in [6.45, 7) is 3.62. The predicted octanol–water partition coefficient (Wildman–Crippen LogP) is 7.63. The number of nitrogens with one attached hydrogen (secondary N) is 1. The van der Waals surface area contributed by atoms with Crippen LogP contribution >= 0.6 is 20.0 Å². The van der Waals surface area contributed by atoms with E-state index in [9.17, 15) is 9.46 Å². The Kier molecular flexibility index (Phi) is 21.5. The Hall–Kier alpha value is -1.22. The van der Waals surface area contributed by atoms with E-state index in [-0.39, 0.29) is 12.4 Å². The van der Waals surface area contributed by atoms with Gasteiger partial charge in [0, 0.05) is 34.4 Å². The van der Waals surface area contributed by atoms with Gasteiger partial charge < -0.3 is 24.2 Å². The molecule has 0 aliphatic rings. The van der Waals surface area contributed by atoms with Crippen molar-refractivity contribution in [3.8, 4) is 5.75 Å². The quantitative estimate of drug-likeness (QED) is 0.0666. The van der Waals surface area contributed by atoms with Gasteiger partial charge in [-0.05, 0) is 36.3 Å². The van der Waals surface area contributed by atoms with Gasteiger partial charge >= 0.3 is 7.82 Å².